The lowest BCUT2D eigenvalue weighted by molar-refractivity contribution is -0.136. The van der Waals surface area contributed by atoms with Crippen molar-refractivity contribution in [2.24, 2.45) is 11.8 Å². The Morgan fingerprint density at radius 2 is 1.62 bits per heavy atom. The van der Waals surface area contributed by atoms with E-state index >= 15 is 0 Å². The maximum Gasteiger partial charge on any atom is 0.247 e. The van der Waals surface area contributed by atoms with Crippen molar-refractivity contribution >= 4 is 23.8 Å². The maximum atomic E-state index is 14.0. The minimum Gasteiger partial charge on any atom is -0.483 e. The third-order valence-electron chi connectivity index (χ3n) is 6.62. The molecule has 2 aromatic carbocycles. The number of likely N-dealkylation sites (N-methyl/N-ethyl adjacent to an activating group) is 1. The van der Waals surface area contributed by atoms with Gasteiger partial charge in [-0.25, -0.2) is 0 Å². The number of fused-ring (bicyclic) bond motifs is 10. The van der Waals surface area contributed by atoms with Crippen LogP contribution in [0.2, 0.25) is 0 Å². The van der Waals surface area contributed by atoms with Crippen molar-refractivity contribution in [1.29, 1.82) is 0 Å². The number of benzene rings is 2. The molecule has 8 nitrogen and oxygen atoms in total. The molecule has 0 spiro atoms. The Morgan fingerprint density at radius 1 is 0.949 bits per heavy atom. The maximum absolute atomic E-state index is 14.0. The lowest BCUT2D eigenvalue weighted by Gasteiger charge is -2.32. The van der Waals surface area contributed by atoms with Gasteiger partial charge in [0.25, 0.3) is 0 Å². The van der Waals surface area contributed by atoms with Crippen LogP contribution in [0.25, 0.3) is 6.08 Å². The van der Waals surface area contributed by atoms with Crippen LogP contribution in [0.1, 0.15) is 57.8 Å². The average molecular weight is 535 g/mol. The zero-order valence-corrected chi connectivity index (χ0v) is 23.8. The highest BCUT2D eigenvalue weighted by molar-refractivity contribution is 5.94. The molecule has 3 amide bonds. The first-order valence-corrected chi connectivity index (χ1v) is 13.6. The number of nitrogens with zero attached hydrogens (tertiary/aromatic N) is 1. The van der Waals surface area contributed by atoms with Crippen LogP contribution >= 0.6 is 0 Å². The molecule has 0 saturated carbocycles. The zero-order valence-electron chi connectivity index (χ0n) is 23.8. The number of ether oxygens (including phenoxy) is 1. The summed E-state index contributed by atoms with van der Waals surface area (Å²) in [5, 5.41) is 8.71. The van der Waals surface area contributed by atoms with Crippen molar-refractivity contribution < 1.29 is 19.1 Å². The van der Waals surface area contributed by atoms with E-state index in [9.17, 15) is 14.4 Å². The van der Waals surface area contributed by atoms with Gasteiger partial charge in [-0.15, -0.1) is 0 Å². The molecular weight excluding hydrogens is 492 g/mol. The minimum atomic E-state index is -1.10. The molecule has 0 aromatic heterocycles. The van der Waals surface area contributed by atoms with Gasteiger partial charge in [0.2, 0.25) is 17.7 Å². The van der Waals surface area contributed by atoms with Crippen LogP contribution in [0.4, 0.5) is 0 Å². The SMILES string of the molecule is CC(C)CC(C(=O)N[C@@H]1C(=O)N[C@@H](CC(C)C)C(=O)N/C=C/c2ccc(cc2)O[C@H]1c1ccccc1)N(C)C. The van der Waals surface area contributed by atoms with Gasteiger partial charge in [0.1, 0.15) is 17.8 Å². The molecular formula is C31H42N4O4. The average Bonchev–Trinajstić information content (AvgIpc) is 2.89. The Bertz CT molecular complexity index is 1130. The first kappa shape index (κ1) is 29.9. The van der Waals surface area contributed by atoms with Crippen LogP contribution in [-0.4, -0.2) is 54.8 Å². The Morgan fingerprint density at radius 3 is 2.21 bits per heavy atom. The van der Waals surface area contributed by atoms with E-state index in [0.29, 0.717) is 18.6 Å². The van der Waals surface area contributed by atoms with Crippen LogP contribution in [0, 0.1) is 11.8 Å². The lowest BCUT2D eigenvalue weighted by atomic mass is 9.97. The van der Waals surface area contributed by atoms with Crippen LogP contribution < -0.4 is 20.7 Å². The van der Waals surface area contributed by atoms with Crippen molar-refractivity contribution in [3.63, 3.8) is 0 Å². The van der Waals surface area contributed by atoms with Crippen LogP contribution in [0.5, 0.6) is 5.75 Å². The first-order chi connectivity index (χ1) is 18.5. The highest BCUT2D eigenvalue weighted by Crippen LogP contribution is 2.27. The lowest BCUT2D eigenvalue weighted by Crippen LogP contribution is -2.58. The van der Waals surface area contributed by atoms with Gasteiger partial charge in [-0.1, -0.05) is 70.2 Å². The number of rotatable bonds is 8. The highest BCUT2D eigenvalue weighted by atomic mass is 16.5. The fourth-order valence-corrected chi connectivity index (χ4v) is 4.59. The van der Waals surface area contributed by atoms with E-state index in [0.717, 1.165) is 11.1 Å². The summed E-state index contributed by atoms with van der Waals surface area (Å²) in [6, 6.07) is 14.4. The molecule has 2 bridgehead atoms. The molecule has 0 aliphatic carbocycles. The van der Waals surface area contributed by atoms with Crippen molar-refractivity contribution in [2.75, 3.05) is 14.1 Å². The molecule has 4 atom stereocenters. The van der Waals surface area contributed by atoms with Gasteiger partial charge in [0.15, 0.2) is 6.10 Å². The number of hydrogen-bond donors (Lipinski definition) is 3. The summed E-state index contributed by atoms with van der Waals surface area (Å²) in [4.78, 5) is 42.6. The summed E-state index contributed by atoms with van der Waals surface area (Å²) in [6.45, 7) is 8.09. The van der Waals surface area contributed by atoms with Gasteiger partial charge >= 0.3 is 0 Å². The zero-order chi connectivity index (χ0) is 28.5. The summed E-state index contributed by atoms with van der Waals surface area (Å²) in [6.07, 6.45) is 3.57. The second kappa shape index (κ2) is 13.9. The van der Waals surface area contributed by atoms with Crippen LogP contribution in [0.15, 0.2) is 60.8 Å². The molecule has 210 valence electrons. The topological polar surface area (TPSA) is 99.8 Å². The molecule has 3 N–H and O–H groups in total. The van der Waals surface area contributed by atoms with Crippen LogP contribution in [-0.2, 0) is 14.4 Å². The molecule has 2 aliphatic rings. The number of carbonyl (C=O) groups is 3. The van der Waals surface area contributed by atoms with E-state index in [1.165, 1.54) is 0 Å². The van der Waals surface area contributed by atoms with E-state index in [1.54, 1.807) is 12.3 Å². The molecule has 2 aliphatic heterocycles. The Hall–Kier alpha value is -3.65. The Labute approximate surface area is 232 Å². The largest absolute Gasteiger partial charge is 0.483 e. The number of nitrogens with one attached hydrogen (secondary N) is 3. The van der Waals surface area contributed by atoms with Gasteiger partial charge in [0, 0.05) is 6.20 Å². The number of hydrogen-bond acceptors (Lipinski definition) is 5. The monoisotopic (exact) mass is 534 g/mol. The Kier molecular flexibility index (Phi) is 10.7. The van der Waals surface area contributed by atoms with Crippen LogP contribution in [0.3, 0.4) is 0 Å². The number of amides is 3. The third-order valence-corrected chi connectivity index (χ3v) is 6.62. The fraction of sp³-hybridized carbons (Fsp3) is 0.452. The van der Waals surface area contributed by atoms with Crippen molar-refractivity contribution in [2.45, 2.75) is 64.8 Å². The van der Waals surface area contributed by atoms with Crippen molar-refractivity contribution in [1.82, 2.24) is 20.9 Å². The van der Waals surface area contributed by atoms with Crippen molar-refractivity contribution in [3.05, 3.63) is 71.9 Å². The molecule has 39 heavy (non-hydrogen) atoms. The predicted octanol–water partition coefficient (Wildman–Crippen LogP) is 3.90. The molecule has 8 heteroatoms. The van der Waals surface area contributed by atoms with Gasteiger partial charge in [-0.2, -0.15) is 0 Å². The quantitative estimate of drug-likeness (QED) is 0.477. The molecule has 2 aromatic rings. The summed E-state index contributed by atoms with van der Waals surface area (Å²) >= 11 is 0. The smallest absolute Gasteiger partial charge is 0.247 e. The molecule has 0 radical (unpaired) electrons. The standard InChI is InChI=1S/C31H42N4O4/c1-20(2)18-25-29(36)32-17-16-22-12-14-24(15-13-22)39-28(23-10-8-7-9-11-23)27(31(38)33-25)34-30(37)26(35(5)6)19-21(3)4/h7-17,20-21,25-28H,18-19H2,1-6H3,(H,32,36)(H,33,38)(H,34,37)/b17-16+/t25-,26?,27-,28-/m0/s1. The third kappa shape index (κ3) is 8.68. The molecule has 4 rings (SSSR count). The summed E-state index contributed by atoms with van der Waals surface area (Å²) in [5.74, 6) is -0.114. The van der Waals surface area contributed by atoms with Gasteiger partial charge in [-0.05, 0) is 68.1 Å². The normalized spacial score (nSPS) is 21.6. The minimum absolute atomic E-state index is 0.147. The Balaban J connectivity index is 2.10. The van der Waals surface area contributed by atoms with E-state index in [-0.39, 0.29) is 23.7 Å². The second-order valence-electron chi connectivity index (χ2n) is 11.1. The fourth-order valence-electron chi connectivity index (χ4n) is 4.59. The van der Waals surface area contributed by atoms with E-state index in [2.05, 4.69) is 29.8 Å². The highest BCUT2D eigenvalue weighted by Gasteiger charge is 2.37. The van der Waals surface area contributed by atoms with E-state index in [1.807, 2.05) is 87.4 Å². The van der Waals surface area contributed by atoms with Crippen molar-refractivity contribution in [3.8, 4) is 5.75 Å². The predicted molar refractivity (Wildman–Crippen MR) is 154 cm³/mol. The van der Waals surface area contributed by atoms with E-state index < -0.39 is 30.1 Å². The summed E-state index contributed by atoms with van der Waals surface area (Å²) in [5.41, 5.74) is 1.61. The summed E-state index contributed by atoms with van der Waals surface area (Å²) in [7, 11) is 3.70. The van der Waals surface area contributed by atoms with Gasteiger partial charge in [0.05, 0.1) is 6.04 Å². The molecule has 0 fully saturated rings. The van der Waals surface area contributed by atoms with E-state index in [4.69, 9.17) is 4.74 Å². The second-order valence-corrected chi connectivity index (χ2v) is 11.1. The van der Waals surface area contributed by atoms with Gasteiger partial charge < -0.3 is 20.7 Å². The summed E-state index contributed by atoms with van der Waals surface area (Å²) < 4.78 is 6.43. The first-order valence-electron chi connectivity index (χ1n) is 13.6. The molecule has 0 saturated heterocycles. The molecule has 1 unspecified atom stereocenters. The van der Waals surface area contributed by atoms with Gasteiger partial charge in [-0.3, -0.25) is 19.3 Å². The molecule has 2 heterocycles. The number of carbonyl (C=O) groups excluding carboxylic acids is 3.